The topological polar surface area (TPSA) is 134 Å². The number of halogens is 2. The first-order valence-corrected chi connectivity index (χ1v) is 14.4. The van der Waals surface area contributed by atoms with E-state index in [1.54, 1.807) is 13.8 Å². The molecule has 11 heteroatoms. The van der Waals surface area contributed by atoms with E-state index in [1.165, 1.54) is 42.4 Å². The Hall–Kier alpha value is -3.18. The van der Waals surface area contributed by atoms with E-state index >= 15 is 8.78 Å². The Morgan fingerprint density at radius 2 is 1.93 bits per heavy atom. The number of allylic oxidation sites excluding steroid dienone is 4. The number of hydrogen-bond donors (Lipinski definition) is 2. The highest BCUT2D eigenvalue weighted by Gasteiger charge is 2.80. The SMILES string of the molecule is CCOC(=O)C1[C@@H]2C[C@H]3C4C[C@H](F)C5=CC(=O)C=C[C@]5(C)[C@@]4(F)[C@@H](O)C[C@]3(C)[C@]2(C(=O)CO)CN1C(=O)c1ccco1. The van der Waals surface area contributed by atoms with E-state index < -0.39 is 88.0 Å². The number of hydrogen-bond acceptors (Lipinski definition) is 8. The van der Waals surface area contributed by atoms with E-state index in [1.807, 2.05) is 0 Å². The Morgan fingerprint density at radius 3 is 2.57 bits per heavy atom. The minimum atomic E-state index is -2.38. The number of esters is 1. The molecule has 2 unspecified atom stereocenters. The van der Waals surface area contributed by atoms with Crippen LogP contribution in [0.25, 0.3) is 0 Å². The van der Waals surface area contributed by atoms with Gasteiger partial charge in [-0.05, 0) is 74.3 Å². The van der Waals surface area contributed by atoms with Crippen molar-refractivity contribution in [2.75, 3.05) is 19.8 Å². The third-order valence-electron chi connectivity index (χ3n) is 11.5. The van der Waals surface area contributed by atoms with Crippen molar-refractivity contribution in [1.29, 1.82) is 0 Å². The molecule has 10 atom stereocenters. The predicted octanol–water partition coefficient (Wildman–Crippen LogP) is 2.76. The van der Waals surface area contributed by atoms with Crippen LogP contribution in [-0.2, 0) is 19.1 Å². The largest absolute Gasteiger partial charge is 0.464 e. The summed E-state index contributed by atoms with van der Waals surface area (Å²) in [6.45, 7) is 3.63. The number of aliphatic hydroxyl groups excluding tert-OH is 2. The molecule has 0 spiro atoms. The van der Waals surface area contributed by atoms with Crippen LogP contribution in [0.2, 0.25) is 0 Å². The number of furan rings is 1. The van der Waals surface area contributed by atoms with Crippen LogP contribution in [0.15, 0.2) is 46.6 Å². The number of carbonyl (C=O) groups excluding carboxylic acids is 4. The summed E-state index contributed by atoms with van der Waals surface area (Å²) >= 11 is 0. The number of likely N-dealkylation sites (tertiary alicyclic amines) is 1. The van der Waals surface area contributed by atoms with Crippen LogP contribution in [0, 0.1) is 34.0 Å². The second-order valence-corrected chi connectivity index (χ2v) is 12.9. The number of amides is 1. The molecule has 1 aromatic heterocycles. The molecule has 2 heterocycles. The Balaban J connectivity index is 1.50. The minimum absolute atomic E-state index is 0.00343. The van der Waals surface area contributed by atoms with Gasteiger partial charge in [0.2, 0.25) is 0 Å². The average Bonchev–Trinajstić information content (AvgIpc) is 3.66. The second kappa shape index (κ2) is 9.41. The number of rotatable bonds is 5. The zero-order valence-electron chi connectivity index (χ0n) is 23.7. The molecule has 6 rings (SSSR count). The first-order chi connectivity index (χ1) is 19.8. The molecule has 0 aromatic carbocycles. The fourth-order valence-corrected chi connectivity index (χ4v) is 9.69. The van der Waals surface area contributed by atoms with Crippen molar-refractivity contribution in [2.45, 2.75) is 64.0 Å². The molecule has 0 radical (unpaired) electrons. The van der Waals surface area contributed by atoms with Crippen molar-refractivity contribution in [2.24, 2.45) is 34.0 Å². The van der Waals surface area contributed by atoms with Gasteiger partial charge in [-0.1, -0.05) is 13.0 Å². The van der Waals surface area contributed by atoms with E-state index in [0.29, 0.717) is 0 Å². The number of aliphatic hydroxyl groups is 2. The molecule has 4 fully saturated rings. The fourth-order valence-electron chi connectivity index (χ4n) is 9.69. The number of nitrogens with zero attached hydrogens (tertiary/aromatic N) is 1. The summed E-state index contributed by atoms with van der Waals surface area (Å²) in [5, 5.41) is 22.0. The van der Waals surface area contributed by atoms with Crippen molar-refractivity contribution in [3.63, 3.8) is 0 Å². The summed E-state index contributed by atoms with van der Waals surface area (Å²) in [7, 11) is 0. The zero-order valence-corrected chi connectivity index (χ0v) is 23.7. The molecule has 2 N–H and O–H groups in total. The normalized spacial score (nSPS) is 43.6. The van der Waals surface area contributed by atoms with Crippen LogP contribution < -0.4 is 0 Å². The van der Waals surface area contributed by atoms with Gasteiger partial charge >= 0.3 is 5.97 Å². The number of alkyl halides is 2. The molecular weight excluding hydrogens is 552 g/mol. The Morgan fingerprint density at radius 1 is 1.19 bits per heavy atom. The van der Waals surface area contributed by atoms with Gasteiger partial charge in [-0.3, -0.25) is 14.4 Å². The van der Waals surface area contributed by atoms with Crippen LogP contribution in [0.3, 0.4) is 0 Å². The fraction of sp³-hybridized carbons (Fsp3) is 0.613. The highest BCUT2D eigenvalue weighted by molar-refractivity contribution is 6.01. The highest BCUT2D eigenvalue weighted by Crippen LogP contribution is 2.75. The number of fused-ring (bicyclic) bond motifs is 7. The van der Waals surface area contributed by atoms with Gasteiger partial charge in [0.25, 0.3) is 5.91 Å². The van der Waals surface area contributed by atoms with Crippen LogP contribution in [-0.4, -0.2) is 82.3 Å². The van der Waals surface area contributed by atoms with E-state index in [9.17, 15) is 29.4 Å². The summed E-state index contributed by atoms with van der Waals surface area (Å²) in [4.78, 5) is 54.4. The first kappa shape index (κ1) is 28.9. The van der Waals surface area contributed by atoms with Gasteiger partial charge in [0, 0.05) is 23.8 Å². The van der Waals surface area contributed by atoms with Crippen molar-refractivity contribution in [1.82, 2.24) is 4.90 Å². The number of ketones is 2. The molecule has 1 saturated heterocycles. The zero-order chi connectivity index (χ0) is 30.4. The van der Waals surface area contributed by atoms with Crippen LogP contribution in [0.5, 0.6) is 0 Å². The minimum Gasteiger partial charge on any atom is -0.464 e. The quantitative estimate of drug-likeness (QED) is 0.503. The summed E-state index contributed by atoms with van der Waals surface area (Å²) in [6, 6.07) is 1.69. The third kappa shape index (κ3) is 3.35. The molecular formula is C31H35F2NO8. The lowest BCUT2D eigenvalue weighted by Gasteiger charge is -2.63. The maximum Gasteiger partial charge on any atom is 0.329 e. The standard InChI is InChI=1S/C31H35F2NO8/c1-4-41-27(40)25-20-11-17-18-12-21(32)19-10-16(36)7-8-28(19,2)31(18,33)23(37)13-29(17,3)30(20,24(38)14-35)15-34(25)26(39)22-6-5-9-42-22/h5-10,17-18,20-21,23,25,35,37H,4,11-15H2,1-3H3/t17-,18?,20-,21-,23-,25?,28-,29-,30+,31-/m0/s1. The second-order valence-electron chi connectivity index (χ2n) is 12.9. The monoisotopic (exact) mass is 587 g/mol. The maximum absolute atomic E-state index is 17.7. The van der Waals surface area contributed by atoms with Crippen LogP contribution >= 0.6 is 0 Å². The Bertz CT molecular complexity index is 1410. The van der Waals surface area contributed by atoms with Crippen LogP contribution in [0.1, 0.15) is 50.6 Å². The first-order valence-electron chi connectivity index (χ1n) is 14.4. The lowest BCUT2D eigenvalue weighted by atomic mass is 9.43. The molecule has 1 aromatic rings. The molecule has 226 valence electrons. The van der Waals surface area contributed by atoms with Gasteiger partial charge in [0.15, 0.2) is 23.0 Å². The van der Waals surface area contributed by atoms with Gasteiger partial charge in [-0.2, -0.15) is 0 Å². The number of Topliss-reactive ketones (excluding diaryl/α,β-unsaturated/α-hetero) is 1. The summed E-state index contributed by atoms with van der Waals surface area (Å²) in [6.07, 6.45) is 1.08. The average molecular weight is 588 g/mol. The molecule has 4 aliphatic carbocycles. The number of ether oxygens (including phenoxy) is 1. The molecule has 9 nitrogen and oxygen atoms in total. The van der Waals surface area contributed by atoms with Gasteiger partial charge in [0.05, 0.1) is 24.4 Å². The number of carbonyl (C=O) groups is 4. The van der Waals surface area contributed by atoms with Crippen molar-refractivity contribution in [3.05, 3.63) is 48.0 Å². The smallest absolute Gasteiger partial charge is 0.329 e. The third-order valence-corrected chi connectivity index (χ3v) is 11.5. The molecule has 3 saturated carbocycles. The van der Waals surface area contributed by atoms with E-state index in [0.717, 1.165) is 6.08 Å². The van der Waals surface area contributed by atoms with Gasteiger partial charge in [-0.15, -0.1) is 0 Å². The van der Waals surface area contributed by atoms with Crippen molar-refractivity contribution in [3.8, 4) is 0 Å². The van der Waals surface area contributed by atoms with Gasteiger partial charge in [-0.25, -0.2) is 13.6 Å². The maximum atomic E-state index is 17.7. The van der Waals surface area contributed by atoms with E-state index in [-0.39, 0.29) is 43.7 Å². The Kier molecular flexibility index (Phi) is 6.48. The predicted molar refractivity (Wildman–Crippen MR) is 142 cm³/mol. The van der Waals surface area contributed by atoms with Crippen molar-refractivity contribution >= 4 is 23.4 Å². The molecule has 42 heavy (non-hydrogen) atoms. The lowest BCUT2D eigenvalue weighted by Crippen LogP contribution is -2.69. The summed E-state index contributed by atoms with van der Waals surface area (Å²) in [5.74, 6) is -5.23. The summed E-state index contributed by atoms with van der Waals surface area (Å²) in [5.41, 5.74) is -6.80. The molecule has 1 aliphatic heterocycles. The molecule has 5 aliphatic rings. The van der Waals surface area contributed by atoms with E-state index in [4.69, 9.17) is 9.15 Å². The lowest BCUT2D eigenvalue weighted by molar-refractivity contribution is -0.211. The van der Waals surface area contributed by atoms with E-state index in [2.05, 4.69) is 0 Å². The van der Waals surface area contributed by atoms with Gasteiger partial charge < -0.3 is 24.3 Å². The molecule has 1 amide bonds. The highest BCUT2D eigenvalue weighted by atomic mass is 19.1. The van der Waals surface area contributed by atoms with Crippen LogP contribution in [0.4, 0.5) is 8.78 Å². The summed E-state index contributed by atoms with van der Waals surface area (Å²) < 4.78 is 44.2. The van der Waals surface area contributed by atoms with Crippen molar-refractivity contribution < 1.29 is 47.3 Å². The van der Waals surface area contributed by atoms with Gasteiger partial charge in [0.1, 0.15) is 18.8 Å². The molecule has 0 bridgehead atoms. The Labute approximate surface area is 241 Å².